The van der Waals surface area contributed by atoms with Crippen molar-refractivity contribution in [2.75, 3.05) is 23.1 Å². The van der Waals surface area contributed by atoms with Crippen molar-refractivity contribution in [1.82, 2.24) is 0 Å². The van der Waals surface area contributed by atoms with Crippen molar-refractivity contribution in [1.29, 1.82) is 0 Å². The number of esters is 1. The van der Waals surface area contributed by atoms with Crippen LogP contribution in [0.25, 0.3) is 0 Å². The van der Waals surface area contributed by atoms with Crippen molar-refractivity contribution >= 4 is 40.8 Å². The molecule has 75 heavy (non-hydrogen) atoms. The normalized spacial score (nSPS) is 11.4. The summed E-state index contributed by atoms with van der Waals surface area (Å²) in [6.45, 7) is 27.4. The van der Waals surface area contributed by atoms with Gasteiger partial charge in [-0.25, -0.2) is 0 Å². The van der Waals surface area contributed by atoms with Gasteiger partial charge in [-0.05, 0) is 136 Å². The van der Waals surface area contributed by atoms with Crippen molar-refractivity contribution in [2.24, 2.45) is 21.7 Å². The maximum absolute atomic E-state index is 11.9. The molecule has 1 unspecified atom stereocenters. The third kappa shape index (κ3) is 23.6. The summed E-state index contributed by atoms with van der Waals surface area (Å²) in [4.78, 5) is 47.2. The van der Waals surface area contributed by atoms with Gasteiger partial charge in [0.2, 0.25) is 17.7 Å². The summed E-state index contributed by atoms with van der Waals surface area (Å²) < 4.78 is 10.2. The highest BCUT2D eigenvalue weighted by Crippen LogP contribution is 2.31. The molecule has 5 rings (SSSR count). The fourth-order valence-electron chi connectivity index (χ4n) is 5.49. The summed E-state index contributed by atoms with van der Waals surface area (Å²) in [6.07, 6.45) is 4.08. The maximum atomic E-state index is 11.9. The van der Waals surface area contributed by atoms with Gasteiger partial charge in [-0.1, -0.05) is 101 Å². The molecule has 0 fully saturated rings. The van der Waals surface area contributed by atoms with E-state index in [4.69, 9.17) is 19.7 Å². The molecule has 0 aliphatic rings. The van der Waals surface area contributed by atoms with Crippen LogP contribution in [0.5, 0.6) is 40.2 Å². The maximum Gasteiger partial charge on any atom is 0.311 e. The number of phenols is 6. The second-order valence-corrected chi connectivity index (χ2v) is 20.6. The van der Waals surface area contributed by atoms with Gasteiger partial charge in [-0.3, -0.25) is 19.2 Å². The Labute approximate surface area is 445 Å². The fraction of sp³-hybridized carbons (Fsp3) is 0.433. The molecule has 5 aromatic carbocycles. The number of methoxy groups -OCH3 is 1. The van der Waals surface area contributed by atoms with Crippen LogP contribution in [0.2, 0.25) is 0 Å². The first-order valence-corrected chi connectivity index (χ1v) is 25.3. The summed E-state index contributed by atoms with van der Waals surface area (Å²) in [5, 5.41) is 63.6. The topological polar surface area (TPSA) is 244 Å². The predicted molar refractivity (Wildman–Crippen MR) is 299 cm³/mol. The average Bonchev–Trinajstić information content (AvgIpc) is 3.37. The molecule has 0 aromatic heterocycles. The third-order valence-corrected chi connectivity index (χ3v) is 13.0. The number of hydrogen-bond donors (Lipinski definition) is 9. The molecule has 3 amide bonds. The van der Waals surface area contributed by atoms with E-state index in [1.54, 1.807) is 91.0 Å². The highest BCUT2D eigenvalue weighted by atomic mass is 16.5. The number of hydrogen-bond acceptors (Lipinski definition) is 12. The van der Waals surface area contributed by atoms with E-state index in [1.165, 1.54) is 25.3 Å². The van der Waals surface area contributed by atoms with Crippen molar-refractivity contribution in [2.45, 2.75) is 142 Å². The lowest BCUT2D eigenvalue weighted by Gasteiger charge is -2.21. The standard InChI is InChI=1S/C13H19NO3.C13H18O3.2C12H17NO2.C10H14O2/c1-5-13(2,3)12(16)14-9-6-7-10(15)11(8-9)17-4;1-4-13(2,3)12(15)16-9-10-5-7-11(14)8-6-10;1-4-12(2,3)11(15)13-9-5-7-10(14)8-6-9;1-4-12(2,3)11(15)13-9-6-5-7-10(14)8-9;1-3-7(2)8-4-9(11)6-10(12)5-8/h6-8,15H,5H2,1-4H3,(H,14,16);5-8,14H,4,9H2,1-3H3;2*5-8,14H,4H2,1-3H3,(H,13,15);4-7,11-12H,3H2,1-2H3. The molecule has 9 N–H and O–H groups in total. The Morgan fingerprint density at radius 1 is 0.480 bits per heavy atom. The Morgan fingerprint density at radius 2 is 0.893 bits per heavy atom. The molecule has 0 aliphatic carbocycles. The lowest BCUT2D eigenvalue weighted by molar-refractivity contribution is -0.155. The number of ether oxygens (including phenoxy) is 2. The van der Waals surface area contributed by atoms with Gasteiger partial charge in [0.1, 0.15) is 35.4 Å². The minimum Gasteiger partial charge on any atom is -0.508 e. The lowest BCUT2D eigenvalue weighted by atomic mass is 9.89. The SMILES string of the molecule is CCC(C)(C)C(=O)Nc1ccc(O)c(OC)c1.CCC(C)(C)C(=O)Nc1ccc(O)cc1.CCC(C)(C)C(=O)Nc1cccc(O)c1.CCC(C)(C)C(=O)OCc1ccc(O)cc1.CCC(C)c1cc(O)cc(O)c1. The summed E-state index contributed by atoms with van der Waals surface area (Å²) in [6, 6.07) is 29.1. The molecule has 0 spiro atoms. The first kappa shape index (κ1) is 65.6. The Bertz CT molecular complexity index is 2530. The van der Waals surface area contributed by atoms with Gasteiger partial charge in [0.05, 0.1) is 12.5 Å². The van der Waals surface area contributed by atoms with Crippen LogP contribution in [0.1, 0.15) is 146 Å². The zero-order chi connectivity index (χ0) is 57.3. The molecule has 1 atom stereocenters. The van der Waals surface area contributed by atoms with Gasteiger partial charge in [0.25, 0.3) is 0 Å². The van der Waals surface area contributed by atoms with Crippen LogP contribution in [0.4, 0.5) is 17.1 Å². The number of amides is 3. The monoisotopic (exact) mass is 1040 g/mol. The van der Waals surface area contributed by atoms with Crippen LogP contribution >= 0.6 is 0 Å². The highest BCUT2D eigenvalue weighted by Gasteiger charge is 2.28. The number of rotatable bonds is 16. The highest BCUT2D eigenvalue weighted by molar-refractivity contribution is 5.96. The van der Waals surface area contributed by atoms with Gasteiger partial charge < -0.3 is 56.1 Å². The first-order valence-electron chi connectivity index (χ1n) is 25.3. The van der Waals surface area contributed by atoms with E-state index in [2.05, 4.69) is 29.8 Å². The van der Waals surface area contributed by atoms with Gasteiger partial charge in [0.15, 0.2) is 11.5 Å². The zero-order valence-electron chi connectivity index (χ0n) is 46.8. The second kappa shape index (κ2) is 30.7. The smallest absolute Gasteiger partial charge is 0.311 e. The number of benzene rings is 5. The first-order chi connectivity index (χ1) is 34.9. The number of anilines is 3. The van der Waals surface area contributed by atoms with Gasteiger partial charge in [-0.2, -0.15) is 0 Å². The molecule has 15 heteroatoms. The fourth-order valence-corrected chi connectivity index (χ4v) is 5.49. The van der Waals surface area contributed by atoms with Crippen LogP contribution in [0.15, 0.2) is 109 Å². The van der Waals surface area contributed by atoms with Crippen LogP contribution in [0, 0.1) is 21.7 Å². The van der Waals surface area contributed by atoms with E-state index in [0.717, 1.165) is 43.2 Å². The predicted octanol–water partition coefficient (Wildman–Crippen LogP) is 13.8. The number of carbonyl (C=O) groups is 4. The number of aromatic hydroxyl groups is 6. The summed E-state index contributed by atoms with van der Waals surface area (Å²) in [7, 11) is 1.47. The van der Waals surface area contributed by atoms with Gasteiger partial charge >= 0.3 is 5.97 Å². The molecular weight excluding hydrogens is 955 g/mol. The van der Waals surface area contributed by atoms with E-state index in [0.29, 0.717) is 28.7 Å². The summed E-state index contributed by atoms with van der Waals surface area (Å²) >= 11 is 0. The van der Waals surface area contributed by atoms with Crippen molar-refractivity contribution in [3.8, 4) is 40.2 Å². The van der Waals surface area contributed by atoms with Crippen LogP contribution < -0.4 is 20.7 Å². The molecule has 5 aromatic rings. The van der Waals surface area contributed by atoms with E-state index < -0.39 is 10.8 Å². The zero-order valence-corrected chi connectivity index (χ0v) is 46.8. The Kier molecular flexibility index (Phi) is 26.8. The van der Waals surface area contributed by atoms with Crippen molar-refractivity contribution in [3.05, 3.63) is 120 Å². The number of nitrogens with one attached hydrogen (secondary N) is 3. The lowest BCUT2D eigenvalue weighted by Crippen LogP contribution is -2.29. The van der Waals surface area contributed by atoms with E-state index in [-0.39, 0.29) is 75.6 Å². The summed E-state index contributed by atoms with van der Waals surface area (Å²) in [5.41, 5.74) is 2.21. The molecule has 0 aliphatic heterocycles. The van der Waals surface area contributed by atoms with Crippen LogP contribution in [-0.2, 0) is 30.5 Å². The number of phenolic OH excluding ortho intramolecular Hbond substituents is 6. The number of carbonyl (C=O) groups excluding carboxylic acids is 4. The van der Waals surface area contributed by atoms with E-state index in [1.807, 2.05) is 83.1 Å². The Hall–Kier alpha value is -7.42. The van der Waals surface area contributed by atoms with Crippen molar-refractivity contribution < 1.29 is 59.3 Å². The molecule has 0 radical (unpaired) electrons. The molecular formula is C60H85N3O12. The molecule has 412 valence electrons. The third-order valence-electron chi connectivity index (χ3n) is 13.0. The Morgan fingerprint density at radius 3 is 1.31 bits per heavy atom. The second-order valence-electron chi connectivity index (χ2n) is 20.6. The minimum absolute atomic E-state index is 0.00399. The Balaban J connectivity index is 0.000000471. The van der Waals surface area contributed by atoms with E-state index in [9.17, 15) is 39.6 Å². The van der Waals surface area contributed by atoms with Gasteiger partial charge in [0, 0.05) is 51.5 Å². The largest absolute Gasteiger partial charge is 0.508 e. The van der Waals surface area contributed by atoms with Gasteiger partial charge in [-0.15, -0.1) is 0 Å². The van der Waals surface area contributed by atoms with E-state index >= 15 is 0 Å². The van der Waals surface area contributed by atoms with Crippen molar-refractivity contribution in [3.63, 3.8) is 0 Å². The molecule has 15 nitrogen and oxygen atoms in total. The molecule has 0 saturated heterocycles. The minimum atomic E-state index is -0.434. The average molecular weight is 1040 g/mol. The summed E-state index contributed by atoms with van der Waals surface area (Å²) in [5.74, 6) is 1.33. The quantitative estimate of drug-likeness (QED) is 0.0331. The molecule has 0 bridgehead atoms. The molecule has 0 heterocycles. The van der Waals surface area contributed by atoms with Crippen LogP contribution in [-0.4, -0.2) is 61.4 Å². The molecule has 0 saturated carbocycles. The van der Waals surface area contributed by atoms with Crippen LogP contribution in [0.3, 0.4) is 0 Å².